The molecular formula is C10H22N2. The van der Waals surface area contributed by atoms with Crippen LogP contribution < -0.4 is 5.73 Å². The highest BCUT2D eigenvalue weighted by Gasteiger charge is 2.28. The van der Waals surface area contributed by atoms with E-state index in [0.717, 1.165) is 6.54 Å². The zero-order valence-corrected chi connectivity index (χ0v) is 8.64. The Bertz CT molecular complexity index is 143. The first-order valence-electron chi connectivity index (χ1n) is 5.07. The monoisotopic (exact) mass is 170 g/mol. The second-order valence-electron chi connectivity index (χ2n) is 4.51. The molecule has 1 saturated heterocycles. The van der Waals surface area contributed by atoms with E-state index < -0.39 is 0 Å². The lowest BCUT2D eigenvalue weighted by Gasteiger charge is -2.42. The maximum absolute atomic E-state index is 5.93. The lowest BCUT2D eigenvalue weighted by atomic mass is 9.94. The summed E-state index contributed by atoms with van der Waals surface area (Å²) in [6.45, 7) is 9.19. The van der Waals surface area contributed by atoms with Gasteiger partial charge < -0.3 is 5.73 Å². The number of likely N-dealkylation sites (tertiary alicyclic amines) is 1. The van der Waals surface area contributed by atoms with Crippen molar-refractivity contribution in [2.45, 2.75) is 51.6 Å². The second-order valence-corrected chi connectivity index (χ2v) is 4.51. The van der Waals surface area contributed by atoms with Gasteiger partial charge in [-0.3, -0.25) is 4.90 Å². The summed E-state index contributed by atoms with van der Waals surface area (Å²) >= 11 is 0. The van der Waals surface area contributed by atoms with Crippen LogP contribution >= 0.6 is 0 Å². The van der Waals surface area contributed by atoms with Gasteiger partial charge in [-0.25, -0.2) is 0 Å². The SMILES string of the molecule is CCC(C)(C)N1CCC[C@@H](N)C1. The summed E-state index contributed by atoms with van der Waals surface area (Å²) in [5.74, 6) is 0. The van der Waals surface area contributed by atoms with Crippen molar-refractivity contribution < 1.29 is 0 Å². The third-order valence-electron chi connectivity index (χ3n) is 3.18. The Kier molecular flexibility index (Phi) is 3.13. The van der Waals surface area contributed by atoms with Gasteiger partial charge >= 0.3 is 0 Å². The van der Waals surface area contributed by atoms with E-state index in [2.05, 4.69) is 25.7 Å². The van der Waals surface area contributed by atoms with Gasteiger partial charge in [-0.1, -0.05) is 6.92 Å². The quantitative estimate of drug-likeness (QED) is 0.682. The van der Waals surface area contributed by atoms with E-state index in [1.807, 2.05) is 0 Å². The van der Waals surface area contributed by atoms with E-state index in [0.29, 0.717) is 11.6 Å². The summed E-state index contributed by atoms with van der Waals surface area (Å²) in [4.78, 5) is 2.53. The Balaban J connectivity index is 2.50. The number of nitrogens with zero attached hydrogens (tertiary/aromatic N) is 1. The van der Waals surface area contributed by atoms with Gasteiger partial charge in [-0.05, 0) is 39.7 Å². The summed E-state index contributed by atoms with van der Waals surface area (Å²) < 4.78 is 0. The lowest BCUT2D eigenvalue weighted by molar-refractivity contribution is 0.0827. The van der Waals surface area contributed by atoms with Crippen LogP contribution in [-0.2, 0) is 0 Å². The number of hydrogen-bond acceptors (Lipinski definition) is 2. The Morgan fingerprint density at radius 3 is 2.67 bits per heavy atom. The van der Waals surface area contributed by atoms with E-state index in [1.165, 1.54) is 25.8 Å². The molecule has 1 heterocycles. The molecule has 0 unspecified atom stereocenters. The smallest absolute Gasteiger partial charge is 0.0168 e. The molecule has 2 N–H and O–H groups in total. The van der Waals surface area contributed by atoms with Gasteiger partial charge in [0, 0.05) is 18.1 Å². The first-order chi connectivity index (χ1) is 5.56. The lowest BCUT2D eigenvalue weighted by Crippen LogP contribution is -2.52. The molecule has 0 spiro atoms. The molecule has 12 heavy (non-hydrogen) atoms. The molecule has 0 aromatic rings. The molecule has 2 heteroatoms. The highest BCUT2D eigenvalue weighted by Crippen LogP contribution is 2.22. The highest BCUT2D eigenvalue weighted by atomic mass is 15.2. The summed E-state index contributed by atoms with van der Waals surface area (Å²) in [5.41, 5.74) is 6.28. The molecule has 0 amide bonds. The van der Waals surface area contributed by atoms with Crippen molar-refractivity contribution in [3.05, 3.63) is 0 Å². The summed E-state index contributed by atoms with van der Waals surface area (Å²) in [5, 5.41) is 0. The molecule has 0 radical (unpaired) electrons. The van der Waals surface area contributed by atoms with Crippen LogP contribution in [0.2, 0.25) is 0 Å². The summed E-state index contributed by atoms with van der Waals surface area (Å²) in [6, 6.07) is 0.407. The minimum Gasteiger partial charge on any atom is -0.327 e. The van der Waals surface area contributed by atoms with Crippen LogP contribution in [0, 0.1) is 0 Å². The largest absolute Gasteiger partial charge is 0.327 e. The van der Waals surface area contributed by atoms with Gasteiger partial charge in [0.25, 0.3) is 0 Å². The molecule has 72 valence electrons. The van der Waals surface area contributed by atoms with Gasteiger partial charge in [0.15, 0.2) is 0 Å². The van der Waals surface area contributed by atoms with Crippen molar-refractivity contribution >= 4 is 0 Å². The Hall–Kier alpha value is -0.0800. The van der Waals surface area contributed by atoms with E-state index in [9.17, 15) is 0 Å². The summed E-state index contributed by atoms with van der Waals surface area (Å²) in [7, 11) is 0. The molecular weight excluding hydrogens is 148 g/mol. The fourth-order valence-corrected chi connectivity index (χ4v) is 1.78. The molecule has 0 aliphatic carbocycles. The fourth-order valence-electron chi connectivity index (χ4n) is 1.78. The van der Waals surface area contributed by atoms with E-state index in [1.54, 1.807) is 0 Å². The third-order valence-corrected chi connectivity index (χ3v) is 3.18. The van der Waals surface area contributed by atoms with Crippen LogP contribution in [0.4, 0.5) is 0 Å². The first-order valence-corrected chi connectivity index (χ1v) is 5.07. The van der Waals surface area contributed by atoms with Crippen molar-refractivity contribution in [1.82, 2.24) is 4.90 Å². The van der Waals surface area contributed by atoms with Crippen molar-refractivity contribution in [3.8, 4) is 0 Å². The zero-order valence-electron chi connectivity index (χ0n) is 8.64. The number of hydrogen-bond donors (Lipinski definition) is 1. The first kappa shape index (κ1) is 10.0. The van der Waals surface area contributed by atoms with Crippen LogP contribution in [0.25, 0.3) is 0 Å². The van der Waals surface area contributed by atoms with Gasteiger partial charge in [0.05, 0.1) is 0 Å². The number of piperidine rings is 1. The molecule has 1 aliphatic heterocycles. The normalized spacial score (nSPS) is 27.5. The number of nitrogens with two attached hydrogens (primary N) is 1. The van der Waals surface area contributed by atoms with Crippen molar-refractivity contribution in [2.75, 3.05) is 13.1 Å². The molecule has 2 nitrogen and oxygen atoms in total. The van der Waals surface area contributed by atoms with E-state index in [4.69, 9.17) is 5.73 Å². The highest BCUT2D eigenvalue weighted by molar-refractivity contribution is 4.85. The molecule has 1 aliphatic rings. The van der Waals surface area contributed by atoms with Gasteiger partial charge in [0.2, 0.25) is 0 Å². The third kappa shape index (κ3) is 2.20. The molecule has 0 aromatic carbocycles. The fraction of sp³-hybridized carbons (Fsp3) is 1.00. The minimum atomic E-state index is 0.345. The molecule has 0 saturated carbocycles. The average molecular weight is 170 g/mol. The van der Waals surface area contributed by atoms with Crippen molar-refractivity contribution in [3.63, 3.8) is 0 Å². The van der Waals surface area contributed by atoms with Gasteiger partial charge in [-0.15, -0.1) is 0 Å². The Morgan fingerprint density at radius 2 is 2.17 bits per heavy atom. The van der Waals surface area contributed by atoms with Crippen LogP contribution in [0.1, 0.15) is 40.0 Å². The second kappa shape index (κ2) is 3.75. The van der Waals surface area contributed by atoms with Crippen LogP contribution in [0.5, 0.6) is 0 Å². The maximum atomic E-state index is 5.93. The van der Waals surface area contributed by atoms with Gasteiger partial charge in [0.1, 0.15) is 0 Å². The van der Waals surface area contributed by atoms with E-state index in [-0.39, 0.29) is 0 Å². The molecule has 1 rings (SSSR count). The Morgan fingerprint density at radius 1 is 1.50 bits per heavy atom. The van der Waals surface area contributed by atoms with Crippen molar-refractivity contribution in [1.29, 1.82) is 0 Å². The molecule has 0 bridgehead atoms. The van der Waals surface area contributed by atoms with Gasteiger partial charge in [-0.2, -0.15) is 0 Å². The predicted molar refractivity (Wildman–Crippen MR) is 53.2 cm³/mol. The van der Waals surface area contributed by atoms with E-state index >= 15 is 0 Å². The summed E-state index contributed by atoms with van der Waals surface area (Å²) in [6.07, 6.45) is 3.68. The Labute approximate surface area is 76.1 Å². The zero-order chi connectivity index (χ0) is 9.19. The molecule has 1 fully saturated rings. The molecule has 1 atom stereocenters. The van der Waals surface area contributed by atoms with Crippen LogP contribution in [0.15, 0.2) is 0 Å². The average Bonchev–Trinajstić information content (AvgIpc) is 2.05. The standard InChI is InChI=1S/C10H22N2/c1-4-10(2,3)12-7-5-6-9(11)8-12/h9H,4-8,11H2,1-3H3/t9-/m1/s1. The topological polar surface area (TPSA) is 29.3 Å². The van der Waals surface area contributed by atoms with Crippen LogP contribution in [-0.4, -0.2) is 29.6 Å². The van der Waals surface area contributed by atoms with Crippen LogP contribution in [0.3, 0.4) is 0 Å². The minimum absolute atomic E-state index is 0.345. The maximum Gasteiger partial charge on any atom is 0.0168 e. The predicted octanol–water partition coefficient (Wildman–Crippen LogP) is 1.60. The number of rotatable bonds is 2. The van der Waals surface area contributed by atoms with Crippen molar-refractivity contribution in [2.24, 2.45) is 5.73 Å². The molecule has 0 aromatic heterocycles.